The van der Waals surface area contributed by atoms with E-state index >= 15 is 0 Å². The van der Waals surface area contributed by atoms with E-state index in [4.69, 9.17) is 4.74 Å². The van der Waals surface area contributed by atoms with Gasteiger partial charge >= 0.3 is 5.97 Å². The Morgan fingerprint density at radius 3 is 2.50 bits per heavy atom. The normalized spacial score (nSPS) is 12.3. The molecule has 4 heteroatoms. The lowest BCUT2D eigenvalue weighted by Crippen LogP contribution is -2.34. The first kappa shape index (κ1) is 14.5. The Balaban J connectivity index is 2.82. The van der Waals surface area contributed by atoms with Crippen LogP contribution in [0.15, 0.2) is 24.3 Å². The van der Waals surface area contributed by atoms with Crippen molar-refractivity contribution in [1.82, 2.24) is 0 Å². The molecule has 0 heterocycles. The average Bonchev–Trinajstić information content (AvgIpc) is 2.35. The quantitative estimate of drug-likeness (QED) is 0.756. The van der Waals surface area contributed by atoms with Crippen LogP contribution in [0.25, 0.3) is 0 Å². The first-order valence-electron chi connectivity index (χ1n) is 6.00. The Labute approximate surface area is 108 Å². The summed E-state index contributed by atoms with van der Waals surface area (Å²) in [6, 6.07) is 6.53. The van der Waals surface area contributed by atoms with Crippen molar-refractivity contribution in [2.24, 2.45) is 11.8 Å². The monoisotopic (exact) mass is 253 g/mol. The lowest BCUT2D eigenvalue weighted by molar-refractivity contribution is -0.146. The number of ether oxygens (including phenoxy) is 1. The molecule has 0 radical (unpaired) electrons. The standard InChI is InChI=1S/C14H20FNO2/c1-10(2)11(14(17)18-4)9-16(3)13-8-6-5-7-12(13)15/h5-8,10-11H,9H2,1-4H3. The maximum atomic E-state index is 13.6. The van der Waals surface area contributed by atoms with Crippen molar-refractivity contribution in [3.05, 3.63) is 30.1 Å². The van der Waals surface area contributed by atoms with Crippen molar-refractivity contribution in [1.29, 1.82) is 0 Å². The van der Waals surface area contributed by atoms with Crippen LogP contribution in [0.3, 0.4) is 0 Å². The van der Waals surface area contributed by atoms with Crippen LogP contribution in [0, 0.1) is 17.7 Å². The van der Waals surface area contributed by atoms with Gasteiger partial charge in [-0.3, -0.25) is 4.79 Å². The first-order valence-corrected chi connectivity index (χ1v) is 6.00. The highest BCUT2D eigenvalue weighted by molar-refractivity contribution is 5.73. The van der Waals surface area contributed by atoms with E-state index in [1.807, 2.05) is 13.8 Å². The predicted octanol–water partition coefficient (Wildman–Crippen LogP) is 2.71. The zero-order valence-electron chi connectivity index (χ0n) is 11.3. The van der Waals surface area contributed by atoms with E-state index in [1.54, 1.807) is 30.1 Å². The van der Waals surface area contributed by atoms with Gasteiger partial charge in [-0.1, -0.05) is 26.0 Å². The van der Waals surface area contributed by atoms with E-state index in [9.17, 15) is 9.18 Å². The maximum Gasteiger partial charge on any atom is 0.310 e. The predicted molar refractivity (Wildman–Crippen MR) is 70.0 cm³/mol. The Morgan fingerprint density at radius 2 is 2.00 bits per heavy atom. The van der Waals surface area contributed by atoms with Gasteiger partial charge in [-0.2, -0.15) is 0 Å². The Bertz CT molecular complexity index is 407. The van der Waals surface area contributed by atoms with E-state index in [1.165, 1.54) is 13.2 Å². The topological polar surface area (TPSA) is 29.5 Å². The molecule has 0 saturated heterocycles. The van der Waals surface area contributed by atoms with E-state index in [2.05, 4.69) is 0 Å². The molecule has 3 nitrogen and oxygen atoms in total. The van der Waals surface area contributed by atoms with Crippen molar-refractivity contribution < 1.29 is 13.9 Å². The summed E-state index contributed by atoms with van der Waals surface area (Å²) in [5.41, 5.74) is 0.493. The van der Waals surface area contributed by atoms with Crippen molar-refractivity contribution >= 4 is 11.7 Å². The van der Waals surface area contributed by atoms with E-state index < -0.39 is 0 Å². The summed E-state index contributed by atoms with van der Waals surface area (Å²) >= 11 is 0. The van der Waals surface area contributed by atoms with E-state index in [0.717, 1.165) is 0 Å². The number of benzene rings is 1. The number of halogens is 1. The molecule has 18 heavy (non-hydrogen) atoms. The van der Waals surface area contributed by atoms with Gasteiger partial charge in [0.1, 0.15) is 5.82 Å². The third-order valence-corrected chi connectivity index (χ3v) is 3.04. The second-order valence-corrected chi connectivity index (χ2v) is 4.71. The molecule has 1 atom stereocenters. The molecule has 100 valence electrons. The molecule has 0 aliphatic carbocycles. The number of carbonyl (C=O) groups is 1. The lowest BCUT2D eigenvalue weighted by atomic mass is 9.95. The number of methoxy groups -OCH3 is 1. The molecule has 0 N–H and O–H groups in total. The van der Waals surface area contributed by atoms with E-state index in [0.29, 0.717) is 12.2 Å². The molecule has 0 saturated carbocycles. The number of hydrogen-bond donors (Lipinski definition) is 0. The second kappa shape index (κ2) is 6.38. The third kappa shape index (κ3) is 3.45. The minimum atomic E-state index is -0.285. The van der Waals surface area contributed by atoms with Gasteiger partial charge in [0.2, 0.25) is 0 Å². The minimum absolute atomic E-state index is 0.145. The van der Waals surface area contributed by atoms with Crippen molar-refractivity contribution in [3.8, 4) is 0 Å². The molecule has 1 rings (SSSR count). The van der Waals surface area contributed by atoms with Crippen LogP contribution in [-0.4, -0.2) is 26.7 Å². The number of rotatable bonds is 5. The fourth-order valence-electron chi connectivity index (χ4n) is 1.86. The summed E-state index contributed by atoms with van der Waals surface area (Å²) in [4.78, 5) is 13.4. The number of nitrogens with zero attached hydrogens (tertiary/aromatic N) is 1. The highest BCUT2D eigenvalue weighted by atomic mass is 19.1. The lowest BCUT2D eigenvalue weighted by Gasteiger charge is -2.26. The van der Waals surface area contributed by atoms with Gasteiger partial charge in [-0.15, -0.1) is 0 Å². The van der Waals surface area contributed by atoms with Crippen LogP contribution in [0.5, 0.6) is 0 Å². The van der Waals surface area contributed by atoms with Crippen LogP contribution >= 0.6 is 0 Å². The Kier molecular flexibility index (Phi) is 5.13. The highest BCUT2D eigenvalue weighted by Gasteiger charge is 2.25. The summed E-state index contributed by atoms with van der Waals surface area (Å²) in [6.45, 7) is 4.35. The van der Waals surface area contributed by atoms with Crippen LogP contribution in [0.1, 0.15) is 13.8 Å². The summed E-state index contributed by atoms with van der Waals surface area (Å²) in [5.74, 6) is -0.660. The smallest absolute Gasteiger partial charge is 0.310 e. The molecule has 1 aromatic rings. The second-order valence-electron chi connectivity index (χ2n) is 4.71. The van der Waals surface area contributed by atoms with Gasteiger partial charge in [0.25, 0.3) is 0 Å². The number of para-hydroxylation sites is 1. The van der Waals surface area contributed by atoms with Crippen LogP contribution in [0.2, 0.25) is 0 Å². The van der Waals surface area contributed by atoms with Crippen LogP contribution < -0.4 is 4.90 Å². The zero-order valence-corrected chi connectivity index (χ0v) is 11.3. The van der Waals surface area contributed by atoms with E-state index in [-0.39, 0.29) is 23.6 Å². The molecule has 0 aromatic heterocycles. The summed E-state index contributed by atoms with van der Waals surface area (Å²) in [5, 5.41) is 0. The SMILES string of the molecule is COC(=O)C(CN(C)c1ccccc1F)C(C)C. The summed E-state index contributed by atoms with van der Waals surface area (Å²) in [7, 11) is 3.15. The number of anilines is 1. The van der Waals surface area contributed by atoms with Crippen molar-refractivity contribution in [2.45, 2.75) is 13.8 Å². The number of esters is 1. The van der Waals surface area contributed by atoms with Crippen molar-refractivity contribution in [3.63, 3.8) is 0 Å². The molecule has 1 unspecified atom stereocenters. The first-order chi connectivity index (χ1) is 8.47. The van der Waals surface area contributed by atoms with Crippen molar-refractivity contribution in [2.75, 3.05) is 25.6 Å². The van der Waals surface area contributed by atoms with Crippen LogP contribution in [-0.2, 0) is 9.53 Å². The summed E-state index contributed by atoms with van der Waals surface area (Å²) < 4.78 is 18.4. The van der Waals surface area contributed by atoms with Gasteiger partial charge < -0.3 is 9.64 Å². The maximum absolute atomic E-state index is 13.6. The number of hydrogen-bond acceptors (Lipinski definition) is 3. The molecule has 1 aromatic carbocycles. The van der Waals surface area contributed by atoms with Gasteiger partial charge in [-0.25, -0.2) is 4.39 Å². The van der Waals surface area contributed by atoms with Gasteiger partial charge in [0, 0.05) is 13.6 Å². The number of carbonyl (C=O) groups excluding carboxylic acids is 1. The fraction of sp³-hybridized carbons (Fsp3) is 0.500. The zero-order chi connectivity index (χ0) is 13.7. The fourth-order valence-corrected chi connectivity index (χ4v) is 1.86. The Hall–Kier alpha value is -1.58. The highest BCUT2D eigenvalue weighted by Crippen LogP contribution is 2.21. The molecule has 0 bridgehead atoms. The molecule has 0 fully saturated rings. The minimum Gasteiger partial charge on any atom is -0.469 e. The molecular formula is C14H20FNO2. The largest absolute Gasteiger partial charge is 0.469 e. The Morgan fingerprint density at radius 1 is 1.39 bits per heavy atom. The molecule has 0 aliphatic heterocycles. The average molecular weight is 253 g/mol. The molecule has 0 aliphatic rings. The molecular weight excluding hydrogens is 233 g/mol. The van der Waals surface area contributed by atoms with Gasteiger partial charge in [0.15, 0.2) is 0 Å². The van der Waals surface area contributed by atoms with Gasteiger partial charge in [-0.05, 0) is 18.1 Å². The summed E-state index contributed by atoms with van der Waals surface area (Å²) in [6.07, 6.45) is 0. The molecule has 0 spiro atoms. The molecule has 0 amide bonds. The third-order valence-electron chi connectivity index (χ3n) is 3.04. The van der Waals surface area contributed by atoms with Gasteiger partial charge in [0.05, 0.1) is 18.7 Å². The van der Waals surface area contributed by atoms with Crippen LogP contribution in [0.4, 0.5) is 10.1 Å².